The Labute approximate surface area is 170 Å². The van der Waals surface area contributed by atoms with Gasteiger partial charge in [0.05, 0.1) is 5.92 Å². The fourth-order valence-electron chi connectivity index (χ4n) is 3.94. The Balaban J connectivity index is 1.59. The van der Waals surface area contributed by atoms with E-state index in [0.717, 1.165) is 19.3 Å². The number of halogens is 1. The molecular formula is C20H26ClN3O2S. The molecule has 1 saturated heterocycles. The Kier molecular flexibility index (Phi) is 6.71. The summed E-state index contributed by atoms with van der Waals surface area (Å²) in [5.41, 5.74) is 0.694. The molecule has 1 aromatic rings. The van der Waals surface area contributed by atoms with E-state index in [0.29, 0.717) is 41.6 Å². The Morgan fingerprint density at radius 3 is 2.93 bits per heavy atom. The van der Waals surface area contributed by atoms with Gasteiger partial charge in [0.15, 0.2) is 5.11 Å². The highest BCUT2D eigenvalue weighted by atomic mass is 35.5. The smallest absolute Gasteiger partial charge is 0.233 e. The number of carbonyl (C=O) groups excluding carboxylic acids is 2. The third-order valence-electron chi connectivity index (χ3n) is 5.44. The molecule has 7 heteroatoms. The molecule has 5 nitrogen and oxygen atoms in total. The van der Waals surface area contributed by atoms with E-state index in [1.165, 1.54) is 0 Å². The molecule has 1 saturated carbocycles. The van der Waals surface area contributed by atoms with Gasteiger partial charge in [-0.2, -0.15) is 0 Å². The maximum Gasteiger partial charge on any atom is 0.233 e. The van der Waals surface area contributed by atoms with Crippen molar-refractivity contribution in [3.05, 3.63) is 29.3 Å². The Bertz CT molecular complexity index is 727. The van der Waals surface area contributed by atoms with Crippen LogP contribution in [0.5, 0.6) is 0 Å². The first-order valence-corrected chi connectivity index (χ1v) is 10.5. The summed E-state index contributed by atoms with van der Waals surface area (Å²) in [4.78, 5) is 27.2. The van der Waals surface area contributed by atoms with E-state index in [9.17, 15) is 9.59 Å². The predicted molar refractivity (Wildman–Crippen MR) is 112 cm³/mol. The molecule has 1 aliphatic heterocycles. The Morgan fingerprint density at radius 1 is 1.37 bits per heavy atom. The second kappa shape index (κ2) is 9.02. The van der Waals surface area contributed by atoms with Gasteiger partial charge in [-0.3, -0.25) is 14.5 Å². The zero-order valence-corrected chi connectivity index (χ0v) is 17.1. The summed E-state index contributed by atoms with van der Waals surface area (Å²) in [6, 6.07) is 7.07. The topological polar surface area (TPSA) is 61.4 Å². The van der Waals surface area contributed by atoms with E-state index >= 15 is 0 Å². The van der Waals surface area contributed by atoms with Crippen LogP contribution in [0.1, 0.15) is 45.4 Å². The molecule has 1 aliphatic carbocycles. The molecule has 0 spiro atoms. The lowest BCUT2D eigenvalue weighted by molar-refractivity contribution is -0.137. The molecule has 1 heterocycles. The summed E-state index contributed by atoms with van der Waals surface area (Å²) in [5.74, 6) is -0.136. The van der Waals surface area contributed by atoms with E-state index < -0.39 is 0 Å². The van der Waals surface area contributed by atoms with E-state index in [2.05, 4.69) is 17.6 Å². The minimum atomic E-state index is -0.139. The minimum absolute atomic E-state index is 0.0266. The molecule has 0 radical (unpaired) electrons. The summed E-state index contributed by atoms with van der Waals surface area (Å²) < 4.78 is 0. The average molecular weight is 408 g/mol. The van der Waals surface area contributed by atoms with Crippen LogP contribution >= 0.6 is 23.8 Å². The first kappa shape index (κ1) is 20.1. The number of thiocarbonyl (C=S) groups is 1. The van der Waals surface area contributed by atoms with Gasteiger partial charge in [0.2, 0.25) is 11.8 Å². The highest BCUT2D eigenvalue weighted by molar-refractivity contribution is 7.80. The molecule has 2 aliphatic rings. The van der Waals surface area contributed by atoms with Crippen molar-refractivity contribution < 1.29 is 9.59 Å². The summed E-state index contributed by atoms with van der Waals surface area (Å²) >= 11 is 11.4. The molecule has 3 rings (SSSR count). The monoisotopic (exact) mass is 407 g/mol. The third-order valence-corrected chi connectivity index (χ3v) is 6.01. The lowest BCUT2D eigenvalue weighted by Crippen LogP contribution is -2.61. The van der Waals surface area contributed by atoms with E-state index in [1.807, 2.05) is 12.1 Å². The fourth-order valence-corrected chi connectivity index (χ4v) is 4.47. The van der Waals surface area contributed by atoms with Crippen LogP contribution in [-0.2, 0) is 9.59 Å². The summed E-state index contributed by atoms with van der Waals surface area (Å²) in [6.07, 6.45) is 5.19. The number of rotatable bonds is 6. The number of nitrogens with one attached hydrogen (secondary N) is 2. The van der Waals surface area contributed by atoms with Crippen LogP contribution in [0.15, 0.2) is 24.3 Å². The Hall–Kier alpha value is -1.66. The standard InChI is InChI=1S/C20H26ClN3O2S/c1-2-3-4-10-24-19(26)16-9-8-13(11-17(16)23-20(24)27)18(25)22-15-7-5-6-14(21)12-15/h5-7,12-13,16-17H,2-4,8-11H2,1H3,(H,22,25)(H,23,27). The first-order chi connectivity index (χ1) is 13.0. The number of benzene rings is 1. The normalized spacial score (nSPS) is 25.0. The Morgan fingerprint density at radius 2 is 2.19 bits per heavy atom. The molecule has 1 aromatic carbocycles. The van der Waals surface area contributed by atoms with Gasteiger partial charge in [-0.05, 0) is 56.1 Å². The van der Waals surface area contributed by atoms with Gasteiger partial charge < -0.3 is 10.6 Å². The van der Waals surface area contributed by atoms with Crippen molar-refractivity contribution in [1.29, 1.82) is 0 Å². The number of hydrogen-bond acceptors (Lipinski definition) is 3. The summed E-state index contributed by atoms with van der Waals surface area (Å²) in [6.45, 7) is 2.82. The van der Waals surface area contributed by atoms with Crippen molar-refractivity contribution in [2.24, 2.45) is 11.8 Å². The van der Waals surface area contributed by atoms with Crippen LogP contribution in [0, 0.1) is 11.8 Å². The van der Waals surface area contributed by atoms with Crippen molar-refractivity contribution >= 4 is 46.4 Å². The van der Waals surface area contributed by atoms with Gasteiger partial charge in [-0.15, -0.1) is 0 Å². The first-order valence-electron chi connectivity index (χ1n) is 9.68. The molecule has 2 fully saturated rings. The zero-order valence-electron chi connectivity index (χ0n) is 15.5. The van der Waals surface area contributed by atoms with Crippen molar-refractivity contribution in [3.63, 3.8) is 0 Å². The van der Waals surface area contributed by atoms with Crippen molar-refractivity contribution in [3.8, 4) is 0 Å². The van der Waals surface area contributed by atoms with Crippen LogP contribution in [0.4, 0.5) is 5.69 Å². The van der Waals surface area contributed by atoms with Gasteiger partial charge in [0, 0.05) is 29.2 Å². The zero-order chi connectivity index (χ0) is 19.4. The molecule has 3 atom stereocenters. The second-order valence-electron chi connectivity index (χ2n) is 7.37. The van der Waals surface area contributed by atoms with Gasteiger partial charge in [0.1, 0.15) is 0 Å². The molecule has 27 heavy (non-hydrogen) atoms. The lowest BCUT2D eigenvalue weighted by atomic mass is 9.76. The maximum atomic E-state index is 12.9. The molecule has 3 unspecified atom stereocenters. The lowest BCUT2D eigenvalue weighted by Gasteiger charge is -2.43. The second-order valence-corrected chi connectivity index (χ2v) is 8.19. The molecule has 2 N–H and O–H groups in total. The number of fused-ring (bicyclic) bond motifs is 1. The summed E-state index contributed by atoms with van der Waals surface area (Å²) in [5, 5.41) is 7.35. The molecule has 2 amide bonds. The van der Waals surface area contributed by atoms with Crippen molar-refractivity contribution in [2.75, 3.05) is 11.9 Å². The van der Waals surface area contributed by atoms with Crippen LogP contribution < -0.4 is 10.6 Å². The maximum absolute atomic E-state index is 12.9. The minimum Gasteiger partial charge on any atom is -0.359 e. The number of amides is 2. The highest BCUT2D eigenvalue weighted by Crippen LogP contribution is 2.34. The van der Waals surface area contributed by atoms with Gasteiger partial charge in [0.25, 0.3) is 0 Å². The van der Waals surface area contributed by atoms with E-state index in [-0.39, 0.29) is 29.7 Å². The average Bonchev–Trinajstić information content (AvgIpc) is 2.64. The number of unbranched alkanes of at least 4 members (excludes halogenated alkanes) is 2. The highest BCUT2D eigenvalue weighted by Gasteiger charge is 2.43. The van der Waals surface area contributed by atoms with Crippen LogP contribution in [0.25, 0.3) is 0 Å². The van der Waals surface area contributed by atoms with Gasteiger partial charge in [-0.1, -0.05) is 37.4 Å². The van der Waals surface area contributed by atoms with Gasteiger partial charge in [-0.25, -0.2) is 0 Å². The largest absolute Gasteiger partial charge is 0.359 e. The SMILES string of the molecule is CCCCCN1C(=O)C2CCC(C(=O)Nc3cccc(Cl)c3)CC2NC1=S. The third kappa shape index (κ3) is 4.79. The predicted octanol–water partition coefficient (Wildman–Crippen LogP) is 3.97. The van der Waals surface area contributed by atoms with E-state index in [1.54, 1.807) is 17.0 Å². The number of nitrogens with zero attached hydrogens (tertiary/aromatic N) is 1. The van der Waals surface area contributed by atoms with Crippen LogP contribution in [0.2, 0.25) is 5.02 Å². The summed E-state index contributed by atoms with van der Waals surface area (Å²) in [7, 11) is 0. The molecule has 146 valence electrons. The molecular weight excluding hydrogens is 382 g/mol. The molecule has 0 bridgehead atoms. The van der Waals surface area contributed by atoms with Crippen molar-refractivity contribution in [1.82, 2.24) is 10.2 Å². The molecule has 0 aromatic heterocycles. The van der Waals surface area contributed by atoms with Crippen molar-refractivity contribution in [2.45, 2.75) is 51.5 Å². The van der Waals surface area contributed by atoms with Crippen LogP contribution in [-0.4, -0.2) is 34.4 Å². The van der Waals surface area contributed by atoms with Gasteiger partial charge >= 0.3 is 0 Å². The quantitative estimate of drug-likeness (QED) is 0.553. The fraction of sp³-hybridized carbons (Fsp3) is 0.550. The van der Waals surface area contributed by atoms with Crippen LogP contribution in [0.3, 0.4) is 0 Å². The number of anilines is 1. The number of hydrogen-bond donors (Lipinski definition) is 2. The van der Waals surface area contributed by atoms with E-state index in [4.69, 9.17) is 23.8 Å². The number of carbonyl (C=O) groups is 2.